The SMILES string of the molecule is CN(C)C[C@H]1CC(O)CC[C@]1(O)c1cccc(O)c1. The first kappa shape index (κ1) is 14.3. The molecule has 1 saturated carbocycles. The zero-order valence-corrected chi connectivity index (χ0v) is 11.6. The van der Waals surface area contributed by atoms with E-state index in [0.717, 1.165) is 5.56 Å². The highest BCUT2D eigenvalue weighted by Crippen LogP contribution is 2.42. The predicted molar refractivity (Wildman–Crippen MR) is 73.9 cm³/mol. The van der Waals surface area contributed by atoms with Gasteiger partial charge in [0.05, 0.1) is 11.7 Å². The molecule has 4 heteroatoms. The molecule has 0 heterocycles. The fraction of sp³-hybridized carbons (Fsp3) is 0.600. The van der Waals surface area contributed by atoms with Crippen molar-refractivity contribution in [2.45, 2.75) is 31.0 Å². The number of phenols is 1. The number of rotatable bonds is 3. The number of hydrogen-bond acceptors (Lipinski definition) is 4. The quantitative estimate of drug-likeness (QED) is 0.771. The maximum Gasteiger partial charge on any atom is 0.115 e. The maximum atomic E-state index is 11.0. The maximum absolute atomic E-state index is 11.0. The molecule has 19 heavy (non-hydrogen) atoms. The van der Waals surface area contributed by atoms with Gasteiger partial charge in [0.25, 0.3) is 0 Å². The summed E-state index contributed by atoms with van der Waals surface area (Å²) in [5.74, 6) is 0.133. The molecule has 0 amide bonds. The Morgan fingerprint density at radius 2 is 2.11 bits per heavy atom. The minimum atomic E-state index is -0.970. The third-order valence-electron chi connectivity index (χ3n) is 4.02. The zero-order chi connectivity index (χ0) is 14.0. The molecule has 1 aromatic carbocycles. The molecule has 2 rings (SSSR count). The fourth-order valence-corrected chi connectivity index (χ4v) is 3.05. The standard InChI is InChI=1S/C15H23NO3/c1-16(2)10-12-9-14(18)6-7-15(12,19)11-4-3-5-13(17)8-11/h3-5,8,12,14,17-19H,6-7,9-10H2,1-2H3/t12-,14?,15+/m1/s1. The second-order valence-corrected chi connectivity index (χ2v) is 5.86. The number of benzene rings is 1. The lowest BCUT2D eigenvalue weighted by Crippen LogP contribution is -2.46. The van der Waals surface area contributed by atoms with Gasteiger partial charge in [-0.25, -0.2) is 0 Å². The molecule has 4 nitrogen and oxygen atoms in total. The third kappa shape index (κ3) is 3.08. The van der Waals surface area contributed by atoms with Crippen molar-refractivity contribution in [3.8, 4) is 5.75 Å². The second-order valence-electron chi connectivity index (χ2n) is 5.86. The summed E-state index contributed by atoms with van der Waals surface area (Å²) >= 11 is 0. The lowest BCUT2D eigenvalue weighted by molar-refractivity contribution is -0.0921. The van der Waals surface area contributed by atoms with Gasteiger partial charge in [-0.05, 0) is 51.1 Å². The Bertz CT molecular complexity index is 433. The molecule has 1 unspecified atom stereocenters. The highest BCUT2D eigenvalue weighted by molar-refractivity contribution is 5.32. The van der Waals surface area contributed by atoms with Crippen LogP contribution in [0.25, 0.3) is 0 Å². The van der Waals surface area contributed by atoms with E-state index in [1.165, 1.54) is 0 Å². The normalized spacial score (nSPS) is 31.6. The molecule has 1 aromatic rings. The molecule has 0 radical (unpaired) electrons. The Balaban J connectivity index is 2.31. The predicted octanol–water partition coefficient (Wildman–Crippen LogP) is 1.30. The van der Waals surface area contributed by atoms with Gasteiger partial charge in [0, 0.05) is 12.5 Å². The van der Waals surface area contributed by atoms with E-state index in [1.807, 2.05) is 25.1 Å². The minimum Gasteiger partial charge on any atom is -0.508 e. The molecular weight excluding hydrogens is 242 g/mol. The number of phenolic OH excluding ortho intramolecular Hbond substituents is 1. The monoisotopic (exact) mass is 265 g/mol. The van der Waals surface area contributed by atoms with Crippen LogP contribution in [-0.2, 0) is 5.60 Å². The molecule has 0 aromatic heterocycles. The van der Waals surface area contributed by atoms with Crippen LogP contribution in [0.15, 0.2) is 24.3 Å². The highest BCUT2D eigenvalue weighted by atomic mass is 16.3. The summed E-state index contributed by atoms with van der Waals surface area (Å²) in [6, 6.07) is 6.83. The molecule has 3 atom stereocenters. The van der Waals surface area contributed by atoms with Crippen LogP contribution in [0.5, 0.6) is 5.75 Å². The Kier molecular flexibility index (Phi) is 4.13. The van der Waals surface area contributed by atoms with Crippen LogP contribution in [0, 0.1) is 5.92 Å². The Hall–Kier alpha value is -1.10. The second kappa shape index (κ2) is 5.49. The third-order valence-corrected chi connectivity index (χ3v) is 4.02. The van der Waals surface area contributed by atoms with Crippen LogP contribution in [-0.4, -0.2) is 47.0 Å². The minimum absolute atomic E-state index is 0.0342. The van der Waals surface area contributed by atoms with Gasteiger partial charge in [0.2, 0.25) is 0 Å². The average Bonchev–Trinajstić information content (AvgIpc) is 2.33. The molecule has 0 aliphatic heterocycles. The number of aromatic hydroxyl groups is 1. The zero-order valence-electron chi connectivity index (χ0n) is 11.6. The number of aliphatic hydroxyl groups excluding tert-OH is 1. The van der Waals surface area contributed by atoms with Crippen molar-refractivity contribution < 1.29 is 15.3 Å². The van der Waals surface area contributed by atoms with Crippen LogP contribution in [0.1, 0.15) is 24.8 Å². The summed E-state index contributed by atoms with van der Waals surface area (Å²) in [6.45, 7) is 0.712. The largest absolute Gasteiger partial charge is 0.508 e. The summed E-state index contributed by atoms with van der Waals surface area (Å²) in [7, 11) is 3.92. The van der Waals surface area contributed by atoms with Gasteiger partial charge in [-0.3, -0.25) is 0 Å². The first-order chi connectivity index (χ1) is 8.91. The Morgan fingerprint density at radius 3 is 2.74 bits per heavy atom. The molecule has 106 valence electrons. The molecule has 0 bridgehead atoms. The first-order valence-electron chi connectivity index (χ1n) is 6.76. The van der Waals surface area contributed by atoms with Gasteiger partial charge in [-0.1, -0.05) is 12.1 Å². The summed E-state index contributed by atoms with van der Waals surface area (Å²) in [5.41, 5.74) is -0.228. The van der Waals surface area contributed by atoms with Crippen LogP contribution in [0.3, 0.4) is 0 Å². The van der Waals surface area contributed by atoms with Gasteiger partial charge in [-0.15, -0.1) is 0 Å². The van der Waals surface area contributed by atoms with Crippen molar-refractivity contribution in [2.75, 3.05) is 20.6 Å². The van der Waals surface area contributed by atoms with E-state index in [0.29, 0.717) is 25.8 Å². The topological polar surface area (TPSA) is 63.9 Å². The summed E-state index contributed by atoms with van der Waals surface area (Å²) in [5, 5.41) is 30.5. The first-order valence-corrected chi connectivity index (χ1v) is 6.76. The smallest absolute Gasteiger partial charge is 0.115 e. The summed E-state index contributed by atoms with van der Waals surface area (Å²) in [4.78, 5) is 2.02. The van der Waals surface area contributed by atoms with E-state index < -0.39 is 5.60 Å². The van der Waals surface area contributed by atoms with Gasteiger partial charge < -0.3 is 20.2 Å². The van der Waals surface area contributed by atoms with E-state index >= 15 is 0 Å². The molecule has 0 spiro atoms. The van der Waals surface area contributed by atoms with Crippen molar-refractivity contribution >= 4 is 0 Å². The van der Waals surface area contributed by atoms with Crippen molar-refractivity contribution in [3.63, 3.8) is 0 Å². The molecule has 3 N–H and O–H groups in total. The van der Waals surface area contributed by atoms with Crippen molar-refractivity contribution in [1.82, 2.24) is 4.90 Å². The summed E-state index contributed by atoms with van der Waals surface area (Å²) in [6.07, 6.45) is 1.36. The van der Waals surface area contributed by atoms with Crippen LogP contribution in [0.2, 0.25) is 0 Å². The Labute approximate surface area is 114 Å². The van der Waals surface area contributed by atoms with Gasteiger partial charge in [0.1, 0.15) is 5.75 Å². The molecule has 1 aliphatic rings. The van der Waals surface area contributed by atoms with Crippen molar-refractivity contribution in [1.29, 1.82) is 0 Å². The number of nitrogens with zero attached hydrogens (tertiary/aromatic N) is 1. The molecule has 1 aliphatic carbocycles. The van der Waals surface area contributed by atoms with Crippen molar-refractivity contribution in [2.24, 2.45) is 5.92 Å². The van der Waals surface area contributed by atoms with Crippen LogP contribution < -0.4 is 0 Å². The molecular formula is C15H23NO3. The van der Waals surface area contributed by atoms with E-state index in [4.69, 9.17) is 0 Å². The molecule has 0 saturated heterocycles. The van der Waals surface area contributed by atoms with E-state index in [-0.39, 0.29) is 17.8 Å². The van der Waals surface area contributed by atoms with Gasteiger partial charge in [0.15, 0.2) is 0 Å². The van der Waals surface area contributed by atoms with Crippen LogP contribution >= 0.6 is 0 Å². The fourth-order valence-electron chi connectivity index (χ4n) is 3.05. The van der Waals surface area contributed by atoms with Crippen LogP contribution in [0.4, 0.5) is 0 Å². The lowest BCUT2D eigenvalue weighted by Gasteiger charge is -2.43. The van der Waals surface area contributed by atoms with E-state index in [2.05, 4.69) is 0 Å². The van der Waals surface area contributed by atoms with Crippen molar-refractivity contribution in [3.05, 3.63) is 29.8 Å². The highest BCUT2D eigenvalue weighted by Gasteiger charge is 2.43. The van der Waals surface area contributed by atoms with Gasteiger partial charge in [-0.2, -0.15) is 0 Å². The lowest BCUT2D eigenvalue weighted by atomic mass is 9.70. The number of hydrogen-bond donors (Lipinski definition) is 3. The number of aliphatic hydroxyl groups is 2. The van der Waals surface area contributed by atoms with E-state index in [1.54, 1.807) is 18.2 Å². The van der Waals surface area contributed by atoms with Gasteiger partial charge >= 0.3 is 0 Å². The van der Waals surface area contributed by atoms with E-state index in [9.17, 15) is 15.3 Å². The average molecular weight is 265 g/mol. The molecule has 1 fully saturated rings. The Morgan fingerprint density at radius 1 is 1.37 bits per heavy atom. The summed E-state index contributed by atoms with van der Waals surface area (Å²) < 4.78 is 0.